The van der Waals surface area contributed by atoms with E-state index in [1.54, 1.807) is 12.1 Å². The normalized spacial score (nSPS) is 11.3. The Labute approximate surface area is 183 Å². The molecular weight excluding hydrogens is 424 g/mol. The van der Waals surface area contributed by atoms with Crippen LogP contribution in [0.25, 0.3) is 33.0 Å². The molecule has 4 aromatic rings. The third-order valence-electron chi connectivity index (χ3n) is 5.40. The summed E-state index contributed by atoms with van der Waals surface area (Å²) in [5, 5.41) is 0.990. The molecule has 0 nitrogen and oxygen atoms in total. The fourth-order valence-corrected chi connectivity index (χ4v) is 3.87. The Morgan fingerprint density at radius 1 is 0.742 bits per heavy atom. The number of fused-ring (bicyclic) bond motifs is 1. The van der Waals surface area contributed by atoms with E-state index < -0.39 is 23.3 Å². The molecule has 31 heavy (non-hydrogen) atoms. The average Bonchev–Trinajstić information content (AvgIpc) is 2.74. The first kappa shape index (κ1) is 21.4. The minimum absolute atomic E-state index is 0.0158. The van der Waals surface area contributed by atoms with Crippen molar-refractivity contribution in [3.8, 4) is 22.3 Å². The molecule has 0 aliphatic carbocycles. The smallest absolute Gasteiger partial charge is 0.142 e. The van der Waals surface area contributed by atoms with Gasteiger partial charge in [-0.05, 0) is 59.2 Å². The zero-order valence-corrected chi connectivity index (χ0v) is 17.5. The van der Waals surface area contributed by atoms with E-state index in [1.165, 1.54) is 18.2 Å². The predicted molar refractivity (Wildman–Crippen MR) is 118 cm³/mol. The van der Waals surface area contributed by atoms with Gasteiger partial charge in [-0.25, -0.2) is 17.6 Å². The zero-order valence-electron chi connectivity index (χ0n) is 16.8. The molecule has 0 saturated heterocycles. The summed E-state index contributed by atoms with van der Waals surface area (Å²) in [4.78, 5) is 0. The molecule has 0 heterocycles. The highest BCUT2D eigenvalue weighted by Gasteiger charge is 2.18. The summed E-state index contributed by atoms with van der Waals surface area (Å²) in [7, 11) is 0. The van der Waals surface area contributed by atoms with Crippen molar-refractivity contribution < 1.29 is 17.6 Å². The van der Waals surface area contributed by atoms with Crippen LogP contribution in [0, 0.1) is 23.3 Å². The third kappa shape index (κ3) is 4.17. The summed E-state index contributed by atoms with van der Waals surface area (Å²) >= 11 is 5.65. The Balaban J connectivity index is 1.77. The Kier molecular flexibility index (Phi) is 6.01. The molecule has 0 fully saturated rings. The van der Waals surface area contributed by atoms with Crippen LogP contribution in [0.15, 0.2) is 60.7 Å². The van der Waals surface area contributed by atoms with Crippen LogP contribution in [0.5, 0.6) is 0 Å². The van der Waals surface area contributed by atoms with E-state index in [2.05, 4.69) is 6.92 Å². The Hall–Kier alpha value is -2.85. The topological polar surface area (TPSA) is 0 Å². The summed E-state index contributed by atoms with van der Waals surface area (Å²) in [6.07, 6.45) is 3.04. The van der Waals surface area contributed by atoms with Crippen molar-refractivity contribution in [2.45, 2.75) is 26.2 Å². The van der Waals surface area contributed by atoms with Crippen molar-refractivity contribution in [1.82, 2.24) is 0 Å². The Bertz CT molecular complexity index is 1260. The van der Waals surface area contributed by atoms with Gasteiger partial charge in [0.05, 0.1) is 10.6 Å². The van der Waals surface area contributed by atoms with Gasteiger partial charge in [-0.3, -0.25) is 0 Å². The van der Waals surface area contributed by atoms with Crippen LogP contribution in [0.2, 0.25) is 5.02 Å². The van der Waals surface area contributed by atoms with Crippen LogP contribution < -0.4 is 0 Å². The molecule has 0 amide bonds. The molecule has 0 saturated carbocycles. The van der Waals surface area contributed by atoms with E-state index >= 15 is 4.39 Å². The maximum absolute atomic E-state index is 15.2. The molecule has 0 spiro atoms. The zero-order chi connectivity index (χ0) is 22.1. The van der Waals surface area contributed by atoms with Gasteiger partial charge in [0.1, 0.15) is 23.3 Å². The highest BCUT2D eigenvalue weighted by atomic mass is 35.5. The highest BCUT2D eigenvalue weighted by molar-refractivity contribution is 6.30. The fraction of sp³-hybridized carbons (Fsp3) is 0.154. The number of unbranched alkanes of at least 4 members (excludes halogenated alkanes) is 1. The minimum atomic E-state index is -0.911. The van der Waals surface area contributed by atoms with Crippen molar-refractivity contribution >= 4 is 22.4 Å². The van der Waals surface area contributed by atoms with Gasteiger partial charge in [-0.15, -0.1) is 0 Å². The van der Waals surface area contributed by atoms with Crippen LogP contribution in [-0.2, 0) is 6.42 Å². The number of halogens is 5. The van der Waals surface area contributed by atoms with Crippen molar-refractivity contribution in [2.75, 3.05) is 0 Å². The van der Waals surface area contributed by atoms with E-state index in [0.29, 0.717) is 5.39 Å². The van der Waals surface area contributed by atoms with Crippen LogP contribution in [-0.4, -0.2) is 0 Å². The maximum Gasteiger partial charge on any atom is 0.142 e. The van der Waals surface area contributed by atoms with Crippen LogP contribution in [0.3, 0.4) is 0 Å². The third-order valence-corrected chi connectivity index (χ3v) is 5.71. The van der Waals surface area contributed by atoms with Gasteiger partial charge < -0.3 is 0 Å². The molecule has 0 N–H and O–H groups in total. The second-order valence-electron chi connectivity index (χ2n) is 7.53. The lowest BCUT2D eigenvalue weighted by atomic mass is 9.95. The van der Waals surface area contributed by atoms with Gasteiger partial charge >= 0.3 is 0 Å². The van der Waals surface area contributed by atoms with Crippen LogP contribution in [0.1, 0.15) is 25.3 Å². The fourth-order valence-electron chi connectivity index (χ4n) is 3.76. The summed E-state index contributed by atoms with van der Waals surface area (Å²) in [6, 6.07) is 14.5. The summed E-state index contributed by atoms with van der Waals surface area (Å²) in [5.41, 5.74) is 0.921. The number of hydrogen-bond acceptors (Lipinski definition) is 0. The quantitative estimate of drug-likeness (QED) is 0.271. The summed E-state index contributed by atoms with van der Waals surface area (Å²) in [5.74, 6) is -3.14. The number of hydrogen-bond donors (Lipinski definition) is 0. The minimum Gasteiger partial charge on any atom is -0.206 e. The maximum atomic E-state index is 15.2. The van der Waals surface area contributed by atoms with Crippen molar-refractivity contribution in [1.29, 1.82) is 0 Å². The van der Waals surface area contributed by atoms with Gasteiger partial charge in [0, 0.05) is 10.9 Å². The Morgan fingerprint density at radius 3 is 2.13 bits per heavy atom. The summed E-state index contributed by atoms with van der Waals surface area (Å²) < 4.78 is 58.6. The van der Waals surface area contributed by atoms with Crippen LogP contribution in [0.4, 0.5) is 17.6 Å². The molecule has 158 valence electrons. The monoisotopic (exact) mass is 442 g/mol. The van der Waals surface area contributed by atoms with E-state index in [0.717, 1.165) is 48.4 Å². The lowest BCUT2D eigenvalue weighted by molar-refractivity contribution is 0.589. The molecule has 0 atom stereocenters. The lowest BCUT2D eigenvalue weighted by Gasteiger charge is -2.12. The van der Waals surface area contributed by atoms with Gasteiger partial charge in [-0.1, -0.05) is 61.3 Å². The second-order valence-corrected chi connectivity index (χ2v) is 7.94. The first-order chi connectivity index (χ1) is 14.9. The average molecular weight is 443 g/mol. The molecule has 5 heteroatoms. The molecule has 0 aliphatic heterocycles. The van der Waals surface area contributed by atoms with Gasteiger partial charge in [0.25, 0.3) is 0 Å². The van der Waals surface area contributed by atoms with E-state index in [4.69, 9.17) is 11.6 Å². The number of rotatable bonds is 5. The number of benzene rings is 4. The first-order valence-electron chi connectivity index (χ1n) is 10.0. The van der Waals surface area contributed by atoms with E-state index in [9.17, 15) is 13.2 Å². The molecule has 4 aromatic carbocycles. The molecule has 0 radical (unpaired) electrons. The number of aryl methyl sites for hydroxylation is 1. The van der Waals surface area contributed by atoms with Gasteiger partial charge in [-0.2, -0.15) is 0 Å². The molecule has 4 rings (SSSR count). The second kappa shape index (κ2) is 8.72. The SMILES string of the molecule is CCCCc1ccc2c(F)c(-c3cc(F)c(-c4ccc(Cl)c(F)c4)c(F)c3)ccc2c1. The van der Waals surface area contributed by atoms with Gasteiger partial charge in [0.2, 0.25) is 0 Å². The molecule has 0 unspecified atom stereocenters. The lowest BCUT2D eigenvalue weighted by Crippen LogP contribution is -1.95. The van der Waals surface area contributed by atoms with Crippen molar-refractivity contribution in [2.24, 2.45) is 0 Å². The van der Waals surface area contributed by atoms with Gasteiger partial charge in [0.15, 0.2) is 0 Å². The highest BCUT2D eigenvalue weighted by Crippen LogP contribution is 2.35. The predicted octanol–water partition coefficient (Wildman–Crippen LogP) is 8.73. The van der Waals surface area contributed by atoms with E-state index in [-0.39, 0.29) is 27.3 Å². The van der Waals surface area contributed by atoms with Crippen molar-refractivity contribution in [3.63, 3.8) is 0 Å². The molecule has 0 aromatic heterocycles. The summed E-state index contributed by atoms with van der Waals surface area (Å²) in [6.45, 7) is 2.11. The first-order valence-corrected chi connectivity index (χ1v) is 10.4. The van der Waals surface area contributed by atoms with E-state index in [1.807, 2.05) is 12.1 Å². The Morgan fingerprint density at radius 2 is 1.45 bits per heavy atom. The van der Waals surface area contributed by atoms with Crippen molar-refractivity contribution in [3.05, 3.63) is 94.5 Å². The molecule has 0 aliphatic rings. The molecular formula is C26H19ClF4. The molecule has 0 bridgehead atoms. The standard InChI is InChI=1S/C26H19ClF4/c1-2-3-4-15-5-8-19-16(11-15)6-9-20(26(19)31)18-13-23(29)25(24(30)14-18)17-7-10-21(27)22(28)12-17/h5-14H,2-4H2,1H3. The van der Waals surface area contributed by atoms with Crippen LogP contribution >= 0.6 is 11.6 Å². The largest absolute Gasteiger partial charge is 0.206 e.